The quantitative estimate of drug-likeness (QED) is 0.391. The molecular formula is C28H36B2N2. The van der Waals surface area contributed by atoms with E-state index in [4.69, 9.17) is 4.98 Å². The summed E-state index contributed by atoms with van der Waals surface area (Å²) < 4.78 is 2.48. The minimum absolute atomic E-state index is 0.00330. The first-order chi connectivity index (χ1) is 14.6. The molecule has 2 nitrogen and oxygen atoms in total. The highest BCUT2D eigenvalue weighted by Gasteiger charge is 2.58. The van der Waals surface area contributed by atoms with Gasteiger partial charge in [-0.3, -0.25) is 4.40 Å². The summed E-state index contributed by atoms with van der Waals surface area (Å²) in [6, 6.07) is 11.1. The Kier molecular flexibility index (Phi) is 4.06. The summed E-state index contributed by atoms with van der Waals surface area (Å²) >= 11 is 0. The van der Waals surface area contributed by atoms with Gasteiger partial charge in [0.15, 0.2) is 0 Å². The Bertz CT molecular complexity index is 1450. The minimum atomic E-state index is 0.00330. The van der Waals surface area contributed by atoms with Crippen molar-refractivity contribution in [2.24, 2.45) is 5.41 Å². The standard InChI is InChI=1S/C28H36B2N2/c1-25(2,3)17-14-15-12-10-11-13-16(15)24-31-22-20(29)18-19(21(30)23(22)32(17)24)27(6,7)28(8,9)26(18,4)5/h10-14H,29-30H2,1-9H3. The lowest BCUT2D eigenvalue weighted by molar-refractivity contribution is 0.125. The Morgan fingerprint density at radius 2 is 1.41 bits per heavy atom. The highest BCUT2D eigenvalue weighted by molar-refractivity contribution is 6.46. The first kappa shape index (κ1) is 21.6. The third kappa shape index (κ3) is 2.31. The van der Waals surface area contributed by atoms with E-state index < -0.39 is 0 Å². The molecule has 0 bridgehead atoms. The zero-order valence-corrected chi connectivity index (χ0v) is 21.8. The third-order valence-corrected chi connectivity index (χ3v) is 9.47. The van der Waals surface area contributed by atoms with Crippen LogP contribution >= 0.6 is 0 Å². The fourth-order valence-corrected chi connectivity index (χ4v) is 6.61. The molecular weight excluding hydrogens is 386 g/mol. The molecule has 164 valence electrons. The number of benzene rings is 2. The molecule has 0 amide bonds. The number of pyridine rings is 1. The van der Waals surface area contributed by atoms with Gasteiger partial charge < -0.3 is 0 Å². The molecule has 4 aromatic rings. The third-order valence-electron chi connectivity index (χ3n) is 9.47. The van der Waals surface area contributed by atoms with Crippen molar-refractivity contribution in [2.45, 2.75) is 78.6 Å². The molecule has 0 spiro atoms. The number of hydrogen-bond acceptors (Lipinski definition) is 1. The van der Waals surface area contributed by atoms with Crippen LogP contribution in [0, 0.1) is 5.41 Å². The molecule has 4 heteroatoms. The summed E-state index contributed by atoms with van der Waals surface area (Å²) in [5, 5.41) is 2.50. The maximum atomic E-state index is 5.38. The van der Waals surface area contributed by atoms with Gasteiger partial charge in [-0.15, -0.1) is 0 Å². The summed E-state index contributed by atoms with van der Waals surface area (Å²) in [4.78, 5) is 5.38. The Balaban J connectivity index is 2.10. The van der Waals surface area contributed by atoms with Gasteiger partial charge in [0.1, 0.15) is 21.3 Å². The molecule has 2 heterocycles. The van der Waals surface area contributed by atoms with Crippen molar-refractivity contribution in [3.05, 3.63) is 47.2 Å². The van der Waals surface area contributed by atoms with Gasteiger partial charge in [-0.2, -0.15) is 0 Å². The SMILES string of the molecule is Bc1c2c(c(B)c3c1nc1c4ccccc4cc(C(C)(C)C)n13)C(C)(C)C(C)(C)C2(C)C. The number of nitrogens with zero attached hydrogens (tertiary/aromatic N) is 2. The van der Waals surface area contributed by atoms with E-state index in [1.807, 2.05) is 0 Å². The molecule has 1 aliphatic carbocycles. The molecule has 0 saturated carbocycles. The summed E-state index contributed by atoms with van der Waals surface area (Å²) in [7, 11) is 4.65. The van der Waals surface area contributed by atoms with Crippen molar-refractivity contribution in [1.29, 1.82) is 0 Å². The van der Waals surface area contributed by atoms with Crippen molar-refractivity contribution >= 4 is 54.1 Å². The fraction of sp³-hybridized carbons (Fsp3) is 0.464. The predicted octanol–water partition coefficient (Wildman–Crippen LogP) is 4.05. The zero-order valence-electron chi connectivity index (χ0n) is 21.8. The van der Waals surface area contributed by atoms with Crippen LogP contribution < -0.4 is 10.9 Å². The van der Waals surface area contributed by atoms with Crippen LogP contribution in [-0.4, -0.2) is 25.1 Å². The Labute approximate surface area is 194 Å². The van der Waals surface area contributed by atoms with Crippen LogP contribution in [-0.2, 0) is 16.2 Å². The van der Waals surface area contributed by atoms with Crippen molar-refractivity contribution in [3.8, 4) is 0 Å². The molecule has 2 aromatic heterocycles. The van der Waals surface area contributed by atoms with E-state index in [1.165, 1.54) is 49.6 Å². The van der Waals surface area contributed by atoms with E-state index >= 15 is 0 Å². The number of fused-ring (bicyclic) bond motifs is 6. The van der Waals surface area contributed by atoms with Crippen LogP contribution in [0.1, 0.15) is 79.1 Å². The molecule has 32 heavy (non-hydrogen) atoms. The average molecular weight is 422 g/mol. The highest BCUT2D eigenvalue weighted by Crippen LogP contribution is 2.60. The van der Waals surface area contributed by atoms with Gasteiger partial charge >= 0.3 is 0 Å². The van der Waals surface area contributed by atoms with Gasteiger partial charge in [0.2, 0.25) is 0 Å². The predicted molar refractivity (Wildman–Crippen MR) is 145 cm³/mol. The lowest BCUT2D eigenvalue weighted by atomic mass is 9.58. The smallest absolute Gasteiger partial charge is 0.146 e. The van der Waals surface area contributed by atoms with E-state index in [2.05, 4.69) is 113 Å². The van der Waals surface area contributed by atoms with Gasteiger partial charge in [0.25, 0.3) is 0 Å². The van der Waals surface area contributed by atoms with Crippen LogP contribution in [0.25, 0.3) is 27.5 Å². The number of aromatic nitrogens is 2. The topological polar surface area (TPSA) is 17.3 Å². The van der Waals surface area contributed by atoms with Crippen LogP contribution in [0.5, 0.6) is 0 Å². The minimum Gasteiger partial charge on any atom is -0.296 e. The maximum Gasteiger partial charge on any atom is 0.146 e. The molecule has 0 radical (unpaired) electrons. The molecule has 0 atom stereocenters. The van der Waals surface area contributed by atoms with Gasteiger partial charge in [-0.1, -0.05) is 97.5 Å². The van der Waals surface area contributed by atoms with Gasteiger partial charge in [-0.25, -0.2) is 4.98 Å². The molecule has 1 aliphatic rings. The second-order valence-corrected chi connectivity index (χ2v) is 12.7. The molecule has 0 fully saturated rings. The molecule has 0 saturated heterocycles. The maximum absolute atomic E-state index is 5.38. The molecule has 0 aliphatic heterocycles. The van der Waals surface area contributed by atoms with Gasteiger partial charge in [0, 0.05) is 16.5 Å². The molecule has 0 unspecified atom stereocenters. The normalized spacial score (nSPS) is 19.2. The monoisotopic (exact) mass is 422 g/mol. The van der Waals surface area contributed by atoms with E-state index in [-0.39, 0.29) is 21.7 Å². The lowest BCUT2D eigenvalue weighted by Gasteiger charge is -2.45. The van der Waals surface area contributed by atoms with Crippen LogP contribution in [0.2, 0.25) is 0 Å². The summed E-state index contributed by atoms with van der Waals surface area (Å²) in [5.41, 5.74) is 11.0. The second kappa shape index (κ2) is 6.01. The van der Waals surface area contributed by atoms with Gasteiger partial charge in [0.05, 0.1) is 11.0 Å². The van der Waals surface area contributed by atoms with E-state index in [0.29, 0.717) is 0 Å². The largest absolute Gasteiger partial charge is 0.296 e. The lowest BCUT2D eigenvalue weighted by Crippen LogP contribution is -2.43. The Hall–Kier alpha value is -2.22. The number of imidazole rings is 1. The van der Waals surface area contributed by atoms with Crippen molar-refractivity contribution in [2.75, 3.05) is 0 Å². The second-order valence-electron chi connectivity index (χ2n) is 12.7. The van der Waals surface area contributed by atoms with Crippen molar-refractivity contribution < 1.29 is 0 Å². The molecule has 0 N–H and O–H groups in total. The first-order valence-electron chi connectivity index (χ1n) is 12.0. The fourth-order valence-electron chi connectivity index (χ4n) is 6.61. The molecule has 2 aromatic carbocycles. The summed E-state index contributed by atoms with van der Waals surface area (Å²) in [6.45, 7) is 21.6. The van der Waals surface area contributed by atoms with Crippen LogP contribution in [0.15, 0.2) is 30.3 Å². The van der Waals surface area contributed by atoms with E-state index in [9.17, 15) is 0 Å². The zero-order chi connectivity index (χ0) is 23.6. The highest BCUT2D eigenvalue weighted by atomic mass is 15.0. The van der Waals surface area contributed by atoms with Crippen molar-refractivity contribution in [1.82, 2.24) is 9.38 Å². The summed E-state index contributed by atoms with van der Waals surface area (Å²) in [5.74, 6) is 0. The van der Waals surface area contributed by atoms with E-state index in [0.717, 1.165) is 5.65 Å². The van der Waals surface area contributed by atoms with Crippen LogP contribution in [0.4, 0.5) is 0 Å². The van der Waals surface area contributed by atoms with Crippen LogP contribution in [0.3, 0.4) is 0 Å². The number of rotatable bonds is 0. The Morgan fingerprint density at radius 1 is 0.844 bits per heavy atom. The van der Waals surface area contributed by atoms with E-state index in [1.54, 1.807) is 0 Å². The number of hydrogen-bond donors (Lipinski definition) is 0. The Morgan fingerprint density at radius 3 is 2.00 bits per heavy atom. The first-order valence-corrected chi connectivity index (χ1v) is 12.0. The van der Waals surface area contributed by atoms with Crippen molar-refractivity contribution in [3.63, 3.8) is 0 Å². The average Bonchev–Trinajstić information content (AvgIpc) is 3.13. The summed E-state index contributed by atoms with van der Waals surface area (Å²) in [6.07, 6.45) is 0. The molecule has 5 rings (SSSR count). The van der Waals surface area contributed by atoms with Gasteiger partial charge in [-0.05, 0) is 38.8 Å².